The average molecular weight is 195 g/mol. The van der Waals surface area contributed by atoms with Gasteiger partial charge in [-0.25, -0.2) is 4.98 Å². The molecule has 0 fully saturated rings. The number of nitrogens with one attached hydrogen (secondary N) is 2. The van der Waals surface area contributed by atoms with Crippen LogP contribution in [0.15, 0.2) is 12.4 Å². The van der Waals surface area contributed by atoms with Gasteiger partial charge in [-0.3, -0.25) is 4.79 Å². The van der Waals surface area contributed by atoms with E-state index < -0.39 is 0 Å². The van der Waals surface area contributed by atoms with Crippen molar-refractivity contribution in [1.82, 2.24) is 15.3 Å². The van der Waals surface area contributed by atoms with E-state index in [9.17, 15) is 4.79 Å². The second kappa shape index (κ2) is 6.18. The molecule has 1 heterocycles. The van der Waals surface area contributed by atoms with Gasteiger partial charge in [-0.1, -0.05) is 13.3 Å². The Kier molecular flexibility index (Phi) is 4.75. The lowest BCUT2D eigenvalue weighted by molar-refractivity contribution is -0.121. The van der Waals surface area contributed by atoms with E-state index in [4.69, 9.17) is 0 Å². The molecule has 78 valence electrons. The summed E-state index contributed by atoms with van der Waals surface area (Å²) >= 11 is 0. The first kappa shape index (κ1) is 10.8. The number of hydrogen-bond donors (Lipinski definition) is 2. The second-order valence-corrected chi connectivity index (χ2v) is 3.24. The number of hydrogen-bond acceptors (Lipinski definition) is 2. The molecule has 0 saturated heterocycles. The van der Waals surface area contributed by atoms with Crippen LogP contribution in [0.5, 0.6) is 0 Å². The molecule has 0 aliphatic heterocycles. The molecule has 0 aliphatic carbocycles. The number of H-pyrrole nitrogens is 1. The third-order valence-corrected chi connectivity index (χ3v) is 2.00. The van der Waals surface area contributed by atoms with Crippen LogP contribution in [0.2, 0.25) is 0 Å². The van der Waals surface area contributed by atoms with Gasteiger partial charge in [-0.2, -0.15) is 0 Å². The van der Waals surface area contributed by atoms with Crippen LogP contribution in [-0.4, -0.2) is 22.4 Å². The molecule has 0 atom stereocenters. The number of aromatic amines is 1. The highest BCUT2D eigenvalue weighted by molar-refractivity contribution is 5.75. The van der Waals surface area contributed by atoms with E-state index in [-0.39, 0.29) is 5.91 Å². The molecule has 0 unspecified atom stereocenters. The fraction of sp³-hybridized carbons (Fsp3) is 0.600. The molecule has 4 nitrogen and oxygen atoms in total. The third-order valence-electron chi connectivity index (χ3n) is 2.00. The zero-order valence-corrected chi connectivity index (χ0v) is 8.55. The van der Waals surface area contributed by atoms with E-state index in [1.165, 1.54) is 0 Å². The van der Waals surface area contributed by atoms with Gasteiger partial charge in [0, 0.05) is 31.8 Å². The second-order valence-electron chi connectivity index (χ2n) is 3.24. The van der Waals surface area contributed by atoms with Crippen LogP contribution < -0.4 is 5.32 Å². The highest BCUT2D eigenvalue weighted by atomic mass is 16.1. The lowest BCUT2D eigenvalue weighted by atomic mass is 10.2. The zero-order chi connectivity index (χ0) is 10.2. The monoisotopic (exact) mass is 195 g/mol. The van der Waals surface area contributed by atoms with Gasteiger partial charge in [-0.05, 0) is 6.42 Å². The van der Waals surface area contributed by atoms with Crippen LogP contribution in [0, 0.1) is 0 Å². The molecule has 0 spiro atoms. The quantitative estimate of drug-likeness (QED) is 0.718. The Labute approximate surface area is 84.1 Å². The number of aromatic nitrogens is 2. The summed E-state index contributed by atoms with van der Waals surface area (Å²) in [6, 6.07) is 0. The first-order chi connectivity index (χ1) is 6.83. The smallest absolute Gasteiger partial charge is 0.220 e. The summed E-state index contributed by atoms with van der Waals surface area (Å²) in [5.74, 6) is 1.05. The number of amides is 1. The van der Waals surface area contributed by atoms with Crippen molar-refractivity contribution in [1.29, 1.82) is 0 Å². The van der Waals surface area contributed by atoms with Crippen LogP contribution in [0.3, 0.4) is 0 Å². The van der Waals surface area contributed by atoms with Crippen molar-refractivity contribution >= 4 is 5.91 Å². The predicted molar refractivity (Wildman–Crippen MR) is 54.8 cm³/mol. The van der Waals surface area contributed by atoms with E-state index in [1.807, 2.05) is 0 Å². The maximum absolute atomic E-state index is 11.2. The minimum absolute atomic E-state index is 0.137. The van der Waals surface area contributed by atoms with Gasteiger partial charge in [0.05, 0.1) is 0 Å². The molecule has 0 bridgehead atoms. The largest absolute Gasteiger partial charge is 0.356 e. The Morgan fingerprint density at radius 1 is 1.64 bits per heavy atom. The van der Waals surface area contributed by atoms with Crippen LogP contribution in [0.4, 0.5) is 0 Å². The number of imidazole rings is 1. The SMILES string of the molecule is CCCCC(=O)NCCc1ncc[nH]1. The molecule has 0 saturated carbocycles. The Hall–Kier alpha value is -1.32. The summed E-state index contributed by atoms with van der Waals surface area (Å²) in [4.78, 5) is 18.2. The molecule has 1 amide bonds. The number of unbranched alkanes of at least 4 members (excludes halogenated alkanes) is 1. The van der Waals surface area contributed by atoms with Crippen molar-refractivity contribution in [2.45, 2.75) is 32.6 Å². The summed E-state index contributed by atoms with van der Waals surface area (Å²) in [6.45, 7) is 2.74. The van der Waals surface area contributed by atoms with Crippen molar-refractivity contribution in [3.63, 3.8) is 0 Å². The maximum atomic E-state index is 11.2. The van der Waals surface area contributed by atoms with Crippen LogP contribution >= 0.6 is 0 Å². The molecule has 1 rings (SSSR count). The lowest BCUT2D eigenvalue weighted by Crippen LogP contribution is -2.25. The van der Waals surface area contributed by atoms with Crippen molar-refractivity contribution in [2.24, 2.45) is 0 Å². The molecular formula is C10H17N3O. The van der Waals surface area contributed by atoms with Crippen LogP contribution in [-0.2, 0) is 11.2 Å². The van der Waals surface area contributed by atoms with E-state index in [0.717, 1.165) is 25.1 Å². The number of rotatable bonds is 6. The summed E-state index contributed by atoms with van der Waals surface area (Å²) in [7, 11) is 0. The number of carbonyl (C=O) groups is 1. The van der Waals surface area contributed by atoms with Gasteiger partial charge in [0.25, 0.3) is 0 Å². The Bertz CT molecular complexity index is 256. The third kappa shape index (κ3) is 4.07. The van der Waals surface area contributed by atoms with Crippen molar-refractivity contribution < 1.29 is 4.79 Å². The van der Waals surface area contributed by atoms with Crippen molar-refractivity contribution in [2.75, 3.05) is 6.54 Å². The topological polar surface area (TPSA) is 57.8 Å². The summed E-state index contributed by atoms with van der Waals surface area (Å²) in [5, 5.41) is 2.86. The molecule has 4 heteroatoms. The average Bonchev–Trinajstić information content (AvgIpc) is 2.67. The Morgan fingerprint density at radius 2 is 2.50 bits per heavy atom. The predicted octanol–water partition coefficient (Wildman–Crippen LogP) is 1.26. The van der Waals surface area contributed by atoms with E-state index >= 15 is 0 Å². The maximum Gasteiger partial charge on any atom is 0.220 e. The van der Waals surface area contributed by atoms with Gasteiger partial charge in [0.1, 0.15) is 5.82 Å². The lowest BCUT2D eigenvalue weighted by Gasteiger charge is -2.02. The molecule has 0 aromatic carbocycles. The molecule has 1 aromatic heterocycles. The van der Waals surface area contributed by atoms with Crippen molar-refractivity contribution in [3.05, 3.63) is 18.2 Å². The van der Waals surface area contributed by atoms with Crippen LogP contribution in [0.1, 0.15) is 32.0 Å². The molecule has 0 radical (unpaired) electrons. The first-order valence-electron chi connectivity index (χ1n) is 5.08. The summed E-state index contributed by atoms with van der Waals surface area (Å²) in [6.07, 6.45) is 6.93. The zero-order valence-electron chi connectivity index (χ0n) is 8.55. The number of nitrogens with zero attached hydrogens (tertiary/aromatic N) is 1. The van der Waals surface area contributed by atoms with Gasteiger partial charge >= 0.3 is 0 Å². The molecular weight excluding hydrogens is 178 g/mol. The van der Waals surface area contributed by atoms with Gasteiger partial charge in [0.2, 0.25) is 5.91 Å². The summed E-state index contributed by atoms with van der Waals surface area (Å²) in [5.41, 5.74) is 0. The molecule has 14 heavy (non-hydrogen) atoms. The molecule has 1 aromatic rings. The Balaban J connectivity index is 2.06. The standard InChI is InChI=1S/C10H17N3O/c1-2-3-4-10(14)13-6-5-9-11-7-8-12-9/h7-8H,2-6H2,1H3,(H,11,12)(H,13,14). The van der Waals surface area contributed by atoms with E-state index in [2.05, 4.69) is 22.2 Å². The fourth-order valence-electron chi connectivity index (χ4n) is 1.18. The highest BCUT2D eigenvalue weighted by Gasteiger charge is 2.00. The van der Waals surface area contributed by atoms with Gasteiger partial charge in [-0.15, -0.1) is 0 Å². The van der Waals surface area contributed by atoms with Gasteiger partial charge in [0.15, 0.2) is 0 Å². The molecule has 2 N–H and O–H groups in total. The van der Waals surface area contributed by atoms with E-state index in [0.29, 0.717) is 13.0 Å². The Morgan fingerprint density at radius 3 is 3.14 bits per heavy atom. The summed E-state index contributed by atoms with van der Waals surface area (Å²) < 4.78 is 0. The van der Waals surface area contributed by atoms with Gasteiger partial charge < -0.3 is 10.3 Å². The first-order valence-corrected chi connectivity index (χ1v) is 5.08. The minimum atomic E-state index is 0.137. The normalized spacial score (nSPS) is 10.1. The van der Waals surface area contributed by atoms with E-state index in [1.54, 1.807) is 12.4 Å². The fourth-order valence-corrected chi connectivity index (χ4v) is 1.18. The highest BCUT2D eigenvalue weighted by Crippen LogP contribution is 1.93. The van der Waals surface area contributed by atoms with Crippen LogP contribution in [0.25, 0.3) is 0 Å². The number of carbonyl (C=O) groups excluding carboxylic acids is 1. The minimum Gasteiger partial charge on any atom is -0.356 e. The van der Waals surface area contributed by atoms with Crippen molar-refractivity contribution in [3.8, 4) is 0 Å². The molecule has 0 aliphatic rings.